The summed E-state index contributed by atoms with van der Waals surface area (Å²) in [4.78, 5) is 30.5. The van der Waals surface area contributed by atoms with Crippen LogP contribution in [0.3, 0.4) is 0 Å². The molecule has 1 aromatic carbocycles. The first kappa shape index (κ1) is 18.4. The number of likely N-dealkylation sites (N-methyl/N-ethyl adjacent to an activating group) is 2. The molecule has 25 heavy (non-hydrogen) atoms. The van der Waals surface area contributed by atoms with E-state index in [0.717, 1.165) is 5.56 Å². The molecular weight excluding hydrogens is 322 g/mol. The van der Waals surface area contributed by atoms with Gasteiger partial charge in [-0.1, -0.05) is 30.3 Å². The van der Waals surface area contributed by atoms with Crippen molar-refractivity contribution < 1.29 is 14.3 Å². The number of aromatic nitrogens is 3. The van der Waals surface area contributed by atoms with Gasteiger partial charge >= 0.3 is 12.1 Å². The maximum atomic E-state index is 12.0. The van der Waals surface area contributed by atoms with Crippen LogP contribution in [0.4, 0.5) is 4.79 Å². The van der Waals surface area contributed by atoms with Crippen molar-refractivity contribution in [1.29, 1.82) is 0 Å². The van der Waals surface area contributed by atoms with Crippen LogP contribution in [0.1, 0.15) is 25.2 Å². The van der Waals surface area contributed by atoms with Gasteiger partial charge in [-0.25, -0.2) is 4.79 Å². The number of nitrogens with zero attached hydrogens (tertiary/aromatic N) is 4. The number of ether oxygens (including phenoxy) is 1. The van der Waals surface area contributed by atoms with E-state index in [1.165, 1.54) is 16.8 Å². The molecule has 0 aliphatic rings. The average Bonchev–Trinajstić information content (AvgIpc) is 3.04. The highest BCUT2D eigenvalue weighted by molar-refractivity contribution is 5.82. The largest absolute Gasteiger partial charge is 0.417 e. The minimum absolute atomic E-state index is 0.0758. The van der Waals surface area contributed by atoms with Crippen LogP contribution in [0.15, 0.2) is 30.3 Å². The lowest BCUT2D eigenvalue weighted by Gasteiger charge is -2.21. The Morgan fingerprint density at radius 1 is 1.16 bits per heavy atom. The van der Waals surface area contributed by atoms with E-state index < -0.39 is 11.5 Å². The summed E-state index contributed by atoms with van der Waals surface area (Å²) in [5.74, 6) is 0.369. The second-order valence-corrected chi connectivity index (χ2v) is 6.47. The van der Waals surface area contributed by atoms with Crippen LogP contribution in [-0.2, 0) is 10.2 Å². The molecule has 134 valence electrons. The summed E-state index contributed by atoms with van der Waals surface area (Å²) in [6, 6.07) is 9.76. The Morgan fingerprint density at radius 2 is 1.80 bits per heavy atom. The number of rotatable bonds is 5. The number of H-pyrrole nitrogens is 1. The molecular formula is C17H23N5O3. The van der Waals surface area contributed by atoms with Crippen LogP contribution in [0.2, 0.25) is 0 Å². The third kappa shape index (κ3) is 4.34. The van der Waals surface area contributed by atoms with Crippen molar-refractivity contribution in [3.8, 4) is 6.01 Å². The van der Waals surface area contributed by atoms with Crippen LogP contribution < -0.4 is 4.74 Å². The summed E-state index contributed by atoms with van der Waals surface area (Å²) >= 11 is 0. The lowest BCUT2D eigenvalue weighted by atomic mass is 9.84. The quantitative estimate of drug-likeness (QED) is 0.890. The first-order valence-corrected chi connectivity index (χ1v) is 7.83. The van der Waals surface area contributed by atoms with E-state index in [2.05, 4.69) is 15.2 Å². The molecule has 0 saturated carbocycles. The molecule has 8 nitrogen and oxygen atoms in total. The van der Waals surface area contributed by atoms with E-state index in [9.17, 15) is 9.59 Å². The summed E-state index contributed by atoms with van der Waals surface area (Å²) in [5, 5.41) is 6.76. The molecule has 2 aromatic rings. The highest BCUT2D eigenvalue weighted by atomic mass is 16.6. The highest BCUT2D eigenvalue weighted by Gasteiger charge is 2.28. The van der Waals surface area contributed by atoms with E-state index in [1.807, 2.05) is 44.2 Å². The van der Waals surface area contributed by atoms with E-state index >= 15 is 0 Å². The zero-order chi connectivity index (χ0) is 18.6. The second kappa shape index (κ2) is 7.33. The topological polar surface area (TPSA) is 91.4 Å². The number of amides is 2. The molecule has 1 N–H and O–H groups in total. The summed E-state index contributed by atoms with van der Waals surface area (Å²) in [6.07, 6.45) is -0.696. The zero-order valence-electron chi connectivity index (χ0n) is 15.1. The Bertz CT molecular complexity index is 740. The number of hydrogen-bond donors (Lipinski definition) is 1. The molecule has 0 radical (unpaired) electrons. The smallest absolute Gasteiger partial charge is 0.373 e. The molecule has 8 heteroatoms. The van der Waals surface area contributed by atoms with Crippen molar-refractivity contribution in [2.45, 2.75) is 19.3 Å². The summed E-state index contributed by atoms with van der Waals surface area (Å²) < 4.78 is 5.13. The van der Waals surface area contributed by atoms with E-state index in [4.69, 9.17) is 4.74 Å². The van der Waals surface area contributed by atoms with Crippen LogP contribution in [-0.4, -0.2) is 64.7 Å². The fourth-order valence-electron chi connectivity index (χ4n) is 2.13. The van der Waals surface area contributed by atoms with Gasteiger partial charge in [0.05, 0.1) is 0 Å². The van der Waals surface area contributed by atoms with Gasteiger partial charge in [-0.15, -0.1) is 5.10 Å². The molecule has 0 aliphatic heterocycles. The second-order valence-electron chi connectivity index (χ2n) is 6.47. The Balaban J connectivity index is 2.06. The van der Waals surface area contributed by atoms with E-state index in [1.54, 1.807) is 14.1 Å². The fraction of sp³-hybridized carbons (Fsp3) is 0.412. The van der Waals surface area contributed by atoms with Crippen LogP contribution in [0, 0.1) is 0 Å². The van der Waals surface area contributed by atoms with Gasteiger partial charge in [-0.05, 0) is 19.4 Å². The number of nitrogens with one attached hydrogen (secondary N) is 1. The number of carbonyl (C=O) groups is 2. The first-order chi connectivity index (χ1) is 11.7. The molecule has 2 rings (SSSR count). The van der Waals surface area contributed by atoms with Crippen LogP contribution in [0.5, 0.6) is 6.01 Å². The van der Waals surface area contributed by atoms with Crippen molar-refractivity contribution in [2.75, 3.05) is 27.7 Å². The van der Waals surface area contributed by atoms with Gasteiger partial charge < -0.3 is 14.5 Å². The maximum absolute atomic E-state index is 12.0. The first-order valence-electron chi connectivity index (χ1n) is 7.83. The Hall–Kier alpha value is -2.90. The number of aromatic amines is 1. The highest BCUT2D eigenvalue weighted by Crippen LogP contribution is 2.29. The molecule has 2 amide bonds. The van der Waals surface area contributed by atoms with Gasteiger partial charge in [0.25, 0.3) is 0 Å². The molecule has 1 aromatic heterocycles. The Kier molecular flexibility index (Phi) is 5.41. The lowest BCUT2D eigenvalue weighted by Crippen LogP contribution is -2.39. The van der Waals surface area contributed by atoms with Crippen molar-refractivity contribution in [1.82, 2.24) is 25.0 Å². The number of carbonyl (C=O) groups excluding carboxylic acids is 2. The van der Waals surface area contributed by atoms with Gasteiger partial charge in [0, 0.05) is 26.6 Å². The standard InChI is InChI=1S/C17H23N5O3/c1-17(2,12-9-7-6-8-10-12)14-18-15(20-19-14)25-16(24)22(5)11-13(23)21(3)4/h6-10H,11H2,1-5H3,(H,18,19,20). The van der Waals surface area contributed by atoms with Crippen LogP contribution >= 0.6 is 0 Å². The predicted molar refractivity (Wildman–Crippen MR) is 92.3 cm³/mol. The minimum atomic E-state index is -0.696. The van der Waals surface area contributed by atoms with E-state index in [0.29, 0.717) is 5.82 Å². The third-order valence-corrected chi connectivity index (χ3v) is 3.91. The molecule has 0 unspecified atom stereocenters. The summed E-state index contributed by atoms with van der Waals surface area (Å²) in [6.45, 7) is 3.91. The van der Waals surface area contributed by atoms with Crippen LogP contribution in [0.25, 0.3) is 0 Å². The number of hydrogen-bond acceptors (Lipinski definition) is 5. The summed E-state index contributed by atoms with van der Waals surface area (Å²) in [7, 11) is 4.72. The molecule has 1 heterocycles. The van der Waals surface area contributed by atoms with Gasteiger partial charge in [0.2, 0.25) is 5.91 Å². The van der Waals surface area contributed by atoms with Gasteiger partial charge in [-0.3, -0.25) is 9.89 Å². The molecule has 0 bridgehead atoms. The average molecular weight is 345 g/mol. The van der Waals surface area contributed by atoms with Gasteiger partial charge in [-0.2, -0.15) is 4.98 Å². The summed E-state index contributed by atoms with van der Waals surface area (Å²) in [5.41, 5.74) is 0.629. The Labute approximate surface area is 146 Å². The Morgan fingerprint density at radius 3 is 2.40 bits per heavy atom. The lowest BCUT2D eigenvalue weighted by molar-refractivity contribution is -0.129. The molecule has 0 saturated heterocycles. The third-order valence-electron chi connectivity index (χ3n) is 3.91. The van der Waals surface area contributed by atoms with Gasteiger partial charge in [0.1, 0.15) is 12.4 Å². The van der Waals surface area contributed by atoms with Crippen molar-refractivity contribution in [3.05, 3.63) is 41.7 Å². The van der Waals surface area contributed by atoms with Crippen molar-refractivity contribution in [2.24, 2.45) is 0 Å². The number of benzene rings is 1. The van der Waals surface area contributed by atoms with Crippen molar-refractivity contribution in [3.63, 3.8) is 0 Å². The van der Waals surface area contributed by atoms with E-state index in [-0.39, 0.29) is 18.5 Å². The van der Waals surface area contributed by atoms with Gasteiger partial charge in [0.15, 0.2) is 0 Å². The van der Waals surface area contributed by atoms with Crippen molar-refractivity contribution >= 4 is 12.0 Å². The fourth-order valence-corrected chi connectivity index (χ4v) is 2.13. The predicted octanol–water partition coefficient (Wildman–Crippen LogP) is 1.65. The monoisotopic (exact) mass is 345 g/mol. The minimum Gasteiger partial charge on any atom is -0.373 e. The molecule has 0 aliphatic carbocycles. The zero-order valence-corrected chi connectivity index (χ0v) is 15.1. The molecule has 0 atom stereocenters. The maximum Gasteiger partial charge on any atom is 0.417 e. The molecule has 0 spiro atoms. The SMILES string of the molecule is CN(C)C(=O)CN(C)C(=O)Oc1n[nH]c(C(C)(C)c2ccccc2)n1. The molecule has 0 fully saturated rings. The normalized spacial score (nSPS) is 11.1.